The first-order valence-electron chi connectivity index (χ1n) is 5.92. The van der Waals surface area contributed by atoms with Crippen LogP contribution in [0, 0.1) is 0 Å². The second-order valence-corrected chi connectivity index (χ2v) is 5.27. The molecule has 2 N–H and O–H groups in total. The summed E-state index contributed by atoms with van der Waals surface area (Å²) in [6.07, 6.45) is 0. The lowest BCUT2D eigenvalue weighted by Gasteiger charge is -2.23. The van der Waals surface area contributed by atoms with Gasteiger partial charge in [0.05, 0.1) is 12.6 Å². The SMILES string of the molecule is COCC(N)COc1ccccc1C(C)(C)C. The molecule has 0 radical (unpaired) electrons. The van der Waals surface area contributed by atoms with Crippen LogP contribution in [-0.2, 0) is 10.2 Å². The van der Waals surface area contributed by atoms with Crippen molar-refractivity contribution in [1.29, 1.82) is 0 Å². The van der Waals surface area contributed by atoms with Gasteiger partial charge in [-0.25, -0.2) is 0 Å². The maximum atomic E-state index is 5.84. The van der Waals surface area contributed by atoms with Gasteiger partial charge in [0.1, 0.15) is 12.4 Å². The van der Waals surface area contributed by atoms with Crippen molar-refractivity contribution >= 4 is 0 Å². The van der Waals surface area contributed by atoms with Crippen LogP contribution in [-0.4, -0.2) is 26.4 Å². The lowest BCUT2D eigenvalue weighted by molar-refractivity contribution is 0.152. The van der Waals surface area contributed by atoms with E-state index in [2.05, 4.69) is 26.8 Å². The standard InChI is InChI=1S/C14H23NO2/c1-14(2,3)12-7-5-6-8-13(12)17-10-11(15)9-16-4/h5-8,11H,9-10,15H2,1-4H3. The Bertz CT molecular complexity index is 344. The largest absolute Gasteiger partial charge is 0.492 e. The van der Waals surface area contributed by atoms with Crippen molar-refractivity contribution in [3.8, 4) is 5.75 Å². The Morgan fingerprint density at radius 2 is 1.82 bits per heavy atom. The van der Waals surface area contributed by atoms with Gasteiger partial charge in [-0.2, -0.15) is 0 Å². The van der Waals surface area contributed by atoms with Gasteiger partial charge in [-0.15, -0.1) is 0 Å². The van der Waals surface area contributed by atoms with Crippen LogP contribution in [0.25, 0.3) is 0 Å². The van der Waals surface area contributed by atoms with Crippen molar-refractivity contribution in [2.45, 2.75) is 32.2 Å². The van der Waals surface area contributed by atoms with E-state index in [9.17, 15) is 0 Å². The van der Waals surface area contributed by atoms with E-state index in [4.69, 9.17) is 15.2 Å². The molecule has 1 rings (SSSR count). The molecule has 17 heavy (non-hydrogen) atoms. The predicted molar refractivity (Wildman–Crippen MR) is 70.5 cm³/mol. The third-order valence-electron chi connectivity index (χ3n) is 2.53. The molecule has 1 unspecified atom stereocenters. The Labute approximate surface area is 104 Å². The molecular formula is C14H23NO2. The van der Waals surface area contributed by atoms with Crippen LogP contribution in [0.5, 0.6) is 5.75 Å². The van der Waals surface area contributed by atoms with Gasteiger partial charge < -0.3 is 15.2 Å². The number of para-hydroxylation sites is 1. The molecule has 0 aliphatic rings. The molecule has 1 aromatic rings. The summed E-state index contributed by atoms with van der Waals surface area (Å²) in [7, 11) is 1.64. The van der Waals surface area contributed by atoms with E-state index in [0.717, 1.165) is 5.75 Å². The summed E-state index contributed by atoms with van der Waals surface area (Å²) in [5.41, 5.74) is 7.11. The molecular weight excluding hydrogens is 214 g/mol. The first-order valence-corrected chi connectivity index (χ1v) is 5.92. The molecule has 0 saturated heterocycles. The van der Waals surface area contributed by atoms with E-state index in [1.165, 1.54) is 5.56 Å². The summed E-state index contributed by atoms with van der Waals surface area (Å²) in [6.45, 7) is 7.50. The van der Waals surface area contributed by atoms with Gasteiger partial charge in [0.15, 0.2) is 0 Å². The summed E-state index contributed by atoms with van der Waals surface area (Å²) in [5, 5.41) is 0. The highest BCUT2D eigenvalue weighted by Gasteiger charge is 2.18. The number of rotatable bonds is 5. The van der Waals surface area contributed by atoms with E-state index >= 15 is 0 Å². The summed E-state index contributed by atoms with van der Waals surface area (Å²) in [6, 6.07) is 8.00. The van der Waals surface area contributed by atoms with Gasteiger partial charge in [0.25, 0.3) is 0 Å². The fourth-order valence-electron chi connectivity index (χ4n) is 1.67. The van der Waals surface area contributed by atoms with Crippen molar-refractivity contribution in [2.24, 2.45) is 5.73 Å². The first-order chi connectivity index (χ1) is 7.95. The highest BCUT2D eigenvalue weighted by atomic mass is 16.5. The number of hydrogen-bond acceptors (Lipinski definition) is 3. The van der Waals surface area contributed by atoms with E-state index in [-0.39, 0.29) is 11.5 Å². The molecule has 0 amide bonds. The molecule has 3 heteroatoms. The van der Waals surface area contributed by atoms with Gasteiger partial charge in [0, 0.05) is 7.11 Å². The highest BCUT2D eigenvalue weighted by molar-refractivity contribution is 5.38. The molecule has 1 atom stereocenters. The zero-order chi connectivity index (χ0) is 12.9. The monoisotopic (exact) mass is 237 g/mol. The normalized spacial score (nSPS) is 13.5. The summed E-state index contributed by atoms with van der Waals surface area (Å²) >= 11 is 0. The van der Waals surface area contributed by atoms with Crippen LogP contribution >= 0.6 is 0 Å². The van der Waals surface area contributed by atoms with Crippen LogP contribution in [0.3, 0.4) is 0 Å². The minimum Gasteiger partial charge on any atom is -0.492 e. The number of benzene rings is 1. The summed E-state index contributed by atoms with van der Waals surface area (Å²) in [4.78, 5) is 0. The Kier molecular flexibility index (Phi) is 4.97. The first kappa shape index (κ1) is 14.0. The number of ether oxygens (including phenoxy) is 2. The molecule has 0 saturated carbocycles. The topological polar surface area (TPSA) is 44.5 Å². The van der Waals surface area contributed by atoms with Crippen LogP contribution in [0.15, 0.2) is 24.3 Å². The second-order valence-electron chi connectivity index (χ2n) is 5.27. The lowest BCUT2D eigenvalue weighted by Crippen LogP contribution is -2.32. The molecule has 0 spiro atoms. The fourth-order valence-corrected chi connectivity index (χ4v) is 1.67. The van der Waals surface area contributed by atoms with Gasteiger partial charge in [-0.3, -0.25) is 0 Å². The number of hydrogen-bond donors (Lipinski definition) is 1. The van der Waals surface area contributed by atoms with Crippen LogP contribution in [0.2, 0.25) is 0 Å². The molecule has 0 aliphatic carbocycles. The van der Waals surface area contributed by atoms with E-state index in [1.54, 1.807) is 7.11 Å². The molecule has 0 bridgehead atoms. The van der Waals surface area contributed by atoms with Crippen molar-refractivity contribution in [3.63, 3.8) is 0 Å². The minimum absolute atomic E-state index is 0.0714. The third-order valence-corrected chi connectivity index (χ3v) is 2.53. The molecule has 0 aromatic heterocycles. The molecule has 0 aliphatic heterocycles. The van der Waals surface area contributed by atoms with Gasteiger partial charge in [0.2, 0.25) is 0 Å². The van der Waals surface area contributed by atoms with Crippen LogP contribution < -0.4 is 10.5 Å². The fraction of sp³-hybridized carbons (Fsp3) is 0.571. The summed E-state index contributed by atoms with van der Waals surface area (Å²) < 4.78 is 10.8. The second kappa shape index (κ2) is 6.03. The molecule has 0 heterocycles. The maximum Gasteiger partial charge on any atom is 0.123 e. The van der Waals surface area contributed by atoms with Crippen molar-refractivity contribution < 1.29 is 9.47 Å². The lowest BCUT2D eigenvalue weighted by atomic mass is 9.86. The van der Waals surface area contributed by atoms with Crippen LogP contribution in [0.4, 0.5) is 0 Å². The van der Waals surface area contributed by atoms with E-state index in [1.807, 2.05) is 18.2 Å². The quantitative estimate of drug-likeness (QED) is 0.855. The minimum atomic E-state index is -0.0898. The third kappa shape index (κ3) is 4.36. The number of nitrogens with two attached hydrogens (primary N) is 1. The average Bonchev–Trinajstić information content (AvgIpc) is 2.26. The van der Waals surface area contributed by atoms with Gasteiger partial charge >= 0.3 is 0 Å². The highest BCUT2D eigenvalue weighted by Crippen LogP contribution is 2.30. The van der Waals surface area contributed by atoms with E-state index < -0.39 is 0 Å². The molecule has 96 valence electrons. The Morgan fingerprint density at radius 3 is 2.41 bits per heavy atom. The van der Waals surface area contributed by atoms with E-state index in [0.29, 0.717) is 13.2 Å². The smallest absolute Gasteiger partial charge is 0.123 e. The van der Waals surface area contributed by atoms with Crippen molar-refractivity contribution in [2.75, 3.05) is 20.3 Å². The maximum absolute atomic E-state index is 5.84. The molecule has 0 fully saturated rings. The average molecular weight is 237 g/mol. The zero-order valence-electron chi connectivity index (χ0n) is 11.2. The predicted octanol–water partition coefficient (Wildman–Crippen LogP) is 2.34. The number of methoxy groups -OCH3 is 1. The Hall–Kier alpha value is -1.06. The zero-order valence-corrected chi connectivity index (χ0v) is 11.2. The van der Waals surface area contributed by atoms with Gasteiger partial charge in [-0.05, 0) is 17.0 Å². The Balaban J connectivity index is 2.71. The molecule has 3 nitrogen and oxygen atoms in total. The van der Waals surface area contributed by atoms with Crippen molar-refractivity contribution in [1.82, 2.24) is 0 Å². The molecule has 1 aromatic carbocycles. The van der Waals surface area contributed by atoms with Crippen LogP contribution in [0.1, 0.15) is 26.3 Å². The van der Waals surface area contributed by atoms with Gasteiger partial charge in [-0.1, -0.05) is 39.0 Å². The summed E-state index contributed by atoms with van der Waals surface area (Å²) in [5.74, 6) is 0.909. The Morgan fingerprint density at radius 1 is 1.18 bits per heavy atom. The van der Waals surface area contributed by atoms with Crippen molar-refractivity contribution in [3.05, 3.63) is 29.8 Å².